The van der Waals surface area contributed by atoms with Gasteiger partial charge in [-0.05, 0) is 35.2 Å². The van der Waals surface area contributed by atoms with E-state index >= 15 is 0 Å². The van der Waals surface area contributed by atoms with Crippen LogP contribution in [-0.4, -0.2) is 24.5 Å². The third kappa shape index (κ3) is 2.49. The lowest BCUT2D eigenvalue weighted by Crippen LogP contribution is -2.44. The van der Waals surface area contributed by atoms with Crippen molar-refractivity contribution in [3.63, 3.8) is 0 Å². The zero-order valence-corrected chi connectivity index (χ0v) is 11.8. The molecule has 21 heavy (non-hydrogen) atoms. The van der Waals surface area contributed by atoms with Gasteiger partial charge < -0.3 is 10.2 Å². The smallest absolute Gasteiger partial charge is 0.317 e. The van der Waals surface area contributed by atoms with Crippen molar-refractivity contribution in [2.75, 3.05) is 13.6 Å². The van der Waals surface area contributed by atoms with Gasteiger partial charge in [0.1, 0.15) is 5.82 Å². The van der Waals surface area contributed by atoms with Crippen LogP contribution in [0.15, 0.2) is 48.5 Å². The third-order valence-corrected chi connectivity index (χ3v) is 3.94. The first-order valence-electron chi connectivity index (χ1n) is 7.02. The predicted molar refractivity (Wildman–Crippen MR) is 79.6 cm³/mol. The number of rotatable bonds is 1. The second-order valence-electron chi connectivity index (χ2n) is 5.15. The molecule has 3 rings (SSSR count). The maximum Gasteiger partial charge on any atom is 0.317 e. The second kappa shape index (κ2) is 5.56. The monoisotopic (exact) mass is 284 g/mol. The number of hydrogen-bond acceptors (Lipinski definition) is 1. The first-order chi connectivity index (χ1) is 10.2. The molecule has 1 aliphatic heterocycles. The van der Waals surface area contributed by atoms with Crippen LogP contribution in [0.3, 0.4) is 0 Å². The van der Waals surface area contributed by atoms with Crippen LogP contribution in [-0.2, 0) is 6.42 Å². The van der Waals surface area contributed by atoms with Crippen LogP contribution < -0.4 is 5.32 Å². The molecular formula is C17H17FN2O. The van der Waals surface area contributed by atoms with Gasteiger partial charge in [-0.15, -0.1) is 0 Å². The molecule has 1 N–H and O–H groups in total. The Morgan fingerprint density at radius 3 is 2.62 bits per heavy atom. The summed E-state index contributed by atoms with van der Waals surface area (Å²) in [5, 5.41) is 2.69. The molecule has 2 amide bonds. The first-order valence-corrected chi connectivity index (χ1v) is 7.02. The number of hydrogen-bond donors (Lipinski definition) is 1. The van der Waals surface area contributed by atoms with E-state index in [1.54, 1.807) is 24.1 Å². The topological polar surface area (TPSA) is 32.3 Å². The van der Waals surface area contributed by atoms with Crippen molar-refractivity contribution in [1.29, 1.82) is 0 Å². The molecule has 108 valence electrons. The van der Waals surface area contributed by atoms with Crippen LogP contribution in [0.4, 0.5) is 9.18 Å². The molecule has 2 aromatic rings. The Bertz CT molecular complexity index is 654. The number of benzene rings is 2. The molecule has 0 aromatic heterocycles. The SMILES string of the molecule is CNC(=O)N1CCc2ccccc2[C@H]1c1ccc(F)cc1. The quantitative estimate of drug-likeness (QED) is 0.857. The zero-order valence-electron chi connectivity index (χ0n) is 11.8. The average Bonchev–Trinajstić information content (AvgIpc) is 2.54. The molecule has 0 saturated heterocycles. The standard InChI is InChI=1S/C17H17FN2O/c1-19-17(21)20-11-10-12-4-2-3-5-15(12)16(20)13-6-8-14(18)9-7-13/h2-9,16H,10-11H2,1H3,(H,19,21)/t16-/m1/s1. The number of urea groups is 1. The number of nitrogens with one attached hydrogen (secondary N) is 1. The summed E-state index contributed by atoms with van der Waals surface area (Å²) in [6.07, 6.45) is 0.835. The Balaban J connectivity index is 2.09. The molecule has 3 nitrogen and oxygen atoms in total. The third-order valence-electron chi connectivity index (χ3n) is 3.94. The molecule has 2 aromatic carbocycles. The van der Waals surface area contributed by atoms with E-state index < -0.39 is 0 Å². The number of amides is 2. The van der Waals surface area contributed by atoms with E-state index in [9.17, 15) is 9.18 Å². The molecule has 0 bridgehead atoms. The summed E-state index contributed by atoms with van der Waals surface area (Å²) in [7, 11) is 1.63. The van der Waals surface area contributed by atoms with Gasteiger partial charge >= 0.3 is 6.03 Å². The highest BCUT2D eigenvalue weighted by molar-refractivity contribution is 5.75. The lowest BCUT2D eigenvalue weighted by Gasteiger charge is -2.37. The molecular weight excluding hydrogens is 267 g/mol. The molecule has 0 saturated carbocycles. The summed E-state index contributed by atoms with van der Waals surface area (Å²) in [6.45, 7) is 0.652. The number of nitrogens with zero attached hydrogens (tertiary/aromatic N) is 1. The zero-order chi connectivity index (χ0) is 14.8. The molecule has 4 heteroatoms. The minimum Gasteiger partial charge on any atom is -0.341 e. The van der Waals surface area contributed by atoms with Gasteiger partial charge in [-0.1, -0.05) is 36.4 Å². The van der Waals surface area contributed by atoms with Gasteiger partial charge in [-0.3, -0.25) is 0 Å². The van der Waals surface area contributed by atoms with Crippen molar-refractivity contribution in [2.45, 2.75) is 12.5 Å². The lowest BCUT2D eigenvalue weighted by atomic mass is 9.88. The summed E-state index contributed by atoms with van der Waals surface area (Å²) < 4.78 is 13.2. The van der Waals surface area contributed by atoms with Crippen molar-refractivity contribution < 1.29 is 9.18 Å². The summed E-state index contributed by atoms with van der Waals surface area (Å²) >= 11 is 0. The Kier molecular flexibility index (Phi) is 3.60. The Morgan fingerprint density at radius 1 is 1.19 bits per heavy atom. The fourth-order valence-electron chi connectivity index (χ4n) is 2.93. The highest BCUT2D eigenvalue weighted by Gasteiger charge is 2.31. The van der Waals surface area contributed by atoms with Crippen LogP contribution in [0.2, 0.25) is 0 Å². The van der Waals surface area contributed by atoms with E-state index in [0.717, 1.165) is 17.5 Å². The van der Waals surface area contributed by atoms with E-state index in [-0.39, 0.29) is 17.9 Å². The Morgan fingerprint density at radius 2 is 1.90 bits per heavy atom. The largest absolute Gasteiger partial charge is 0.341 e. The maximum atomic E-state index is 13.2. The summed E-state index contributed by atoms with van der Waals surface area (Å²) in [5.41, 5.74) is 3.28. The number of carbonyl (C=O) groups is 1. The van der Waals surface area contributed by atoms with Crippen LogP contribution in [0.1, 0.15) is 22.7 Å². The number of carbonyl (C=O) groups excluding carboxylic acids is 1. The van der Waals surface area contributed by atoms with Crippen LogP contribution in [0.25, 0.3) is 0 Å². The van der Waals surface area contributed by atoms with E-state index in [0.29, 0.717) is 6.54 Å². The highest BCUT2D eigenvalue weighted by Crippen LogP contribution is 2.35. The fourth-order valence-corrected chi connectivity index (χ4v) is 2.93. The normalized spacial score (nSPS) is 17.2. The summed E-state index contributed by atoms with van der Waals surface area (Å²) in [5.74, 6) is -0.269. The molecule has 0 fully saturated rings. The van der Waals surface area contributed by atoms with Crippen molar-refractivity contribution in [1.82, 2.24) is 10.2 Å². The van der Waals surface area contributed by atoms with Crippen LogP contribution >= 0.6 is 0 Å². The molecule has 1 heterocycles. The Hall–Kier alpha value is -2.36. The molecule has 0 unspecified atom stereocenters. The van der Waals surface area contributed by atoms with Gasteiger partial charge in [-0.25, -0.2) is 9.18 Å². The van der Waals surface area contributed by atoms with E-state index in [1.165, 1.54) is 17.7 Å². The van der Waals surface area contributed by atoms with Gasteiger partial charge in [0.2, 0.25) is 0 Å². The van der Waals surface area contributed by atoms with Crippen LogP contribution in [0, 0.1) is 5.82 Å². The van der Waals surface area contributed by atoms with Gasteiger partial charge in [0.25, 0.3) is 0 Å². The molecule has 1 aliphatic rings. The minimum atomic E-state index is -0.269. The van der Waals surface area contributed by atoms with Crippen molar-refractivity contribution in [2.24, 2.45) is 0 Å². The highest BCUT2D eigenvalue weighted by atomic mass is 19.1. The number of halogens is 1. The first kappa shape index (κ1) is 13.6. The van der Waals surface area contributed by atoms with E-state index in [1.807, 2.05) is 18.2 Å². The van der Waals surface area contributed by atoms with Crippen LogP contribution in [0.5, 0.6) is 0 Å². The molecule has 1 atom stereocenters. The van der Waals surface area contributed by atoms with Crippen molar-refractivity contribution >= 4 is 6.03 Å². The number of fused-ring (bicyclic) bond motifs is 1. The van der Waals surface area contributed by atoms with Crippen molar-refractivity contribution in [3.05, 3.63) is 71.0 Å². The van der Waals surface area contributed by atoms with Gasteiger partial charge in [0, 0.05) is 13.6 Å². The Labute approximate surface area is 123 Å². The maximum absolute atomic E-state index is 13.2. The minimum absolute atomic E-state index is 0.112. The predicted octanol–water partition coefficient (Wildman–Crippen LogP) is 3.11. The van der Waals surface area contributed by atoms with Gasteiger partial charge in [-0.2, -0.15) is 0 Å². The second-order valence-corrected chi connectivity index (χ2v) is 5.15. The molecule has 0 spiro atoms. The van der Waals surface area contributed by atoms with Gasteiger partial charge in [0.15, 0.2) is 0 Å². The fraction of sp³-hybridized carbons (Fsp3) is 0.235. The van der Waals surface area contributed by atoms with Crippen molar-refractivity contribution in [3.8, 4) is 0 Å². The van der Waals surface area contributed by atoms with E-state index in [4.69, 9.17) is 0 Å². The summed E-state index contributed by atoms with van der Waals surface area (Å²) in [4.78, 5) is 14.0. The summed E-state index contributed by atoms with van der Waals surface area (Å²) in [6, 6.07) is 14.2. The molecule has 0 radical (unpaired) electrons. The van der Waals surface area contributed by atoms with E-state index in [2.05, 4.69) is 11.4 Å². The van der Waals surface area contributed by atoms with Gasteiger partial charge in [0.05, 0.1) is 6.04 Å². The average molecular weight is 284 g/mol. The lowest BCUT2D eigenvalue weighted by molar-refractivity contribution is 0.182. The molecule has 0 aliphatic carbocycles.